The first-order valence-electron chi connectivity index (χ1n) is 6.90. The third-order valence-corrected chi connectivity index (χ3v) is 4.21. The molecule has 0 bridgehead atoms. The van der Waals surface area contributed by atoms with Crippen LogP contribution in [0.15, 0.2) is 24.4 Å². The number of carbonyl (C=O) groups excluding carboxylic acids is 1. The molecular formula is C14H19N3O3S. The summed E-state index contributed by atoms with van der Waals surface area (Å²) in [6, 6.07) is 6.02. The maximum Gasteiger partial charge on any atom is 0.313 e. The zero-order valence-electron chi connectivity index (χ0n) is 11.7. The van der Waals surface area contributed by atoms with Gasteiger partial charge in [-0.3, -0.25) is 9.59 Å². The molecular weight excluding hydrogens is 290 g/mol. The molecule has 2 rings (SSSR count). The summed E-state index contributed by atoms with van der Waals surface area (Å²) in [5.41, 5.74) is 0. The first-order valence-corrected chi connectivity index (χ1v) is 8.05. The molecule has 1 aliphatic heterocycles. The third-order valence-electron chi connectivity index (χ3n) is 3.29. The second-order valence-corrected chi connectivity index (χ2v) is 5.89. The van der Waals surface area contributed by atoms with Gasteiger partial charge in [0.1, 0.15) is 5.82 Å². The van der Waals surface area contributed by atoms with Gasteiger partial charge in [-0.2, -0.15) is 0 Å². The molecule has 1 aromatic heterocycles. The Balaban J connectivity index is 1.69. The van der Waals surface area contributed by atoms with Crippen LogP contribution in [0.4, 0.5) is 5.82 Å². The quantitative estimate of drug-likeness (QED) is 0.815. The Hall–Kier alpha value is -1.76. The van der Waals surface area contributed by atoms with Gasteiger partial charge in [0.2, 0.25) is 5.91 Å². The Morgan fingerprint density at radius 2 is 2.10 bits per heavy atom. The van der Waals surface area contributed by atoms with E-state index in [1.165, 1.54) is 0 Å². The molecule has 1 aliphatic rings. The lowest BCUT2D eigenvalue weighted by Gasteiger charge is -2.33. The average molecular weight is 309 g/mol. The lowest BCUT2D eigenvalue weighted by Crippen LogP contribution is -2.45. The zero-order chi connectivity index (χ0) is 15.1. The zero-order valence-corrected chi connectivity index (χ0v) is 12.5. The van der Waals surface area contributed by atoms with E-state index in [9.17, 15) is 9.59 Å². The minimum Gasteiger partial charge on any atom is -0.481 e. The van der Waals surface area contributed by atoms with Crippen molar-refractivity contribution < 1.29 is 14.7 Å². The Morgan fingerprint density at radius 3 is 2.71 bits per heavy atom. The molecule has 114 valence electrons. The number of anilines is 1. The fourth-order valence-corrected chi connectivity index (χ4v) is 2.84. The van der Waals surface area contributed by atoms with E-state index < -0.39 is 5.97 Å². The molecule has 1 saturated heterocycles. The molecule has 1 amide bonds. The SMILES string of the molecule is O=C(O)CSCC(=O)NC1CCN(c2ccccn2)CC1. The molecule has 6 nitrogen and oxygen atoms in total. The van der Waals surface area contributed by atoms with Crippen LogP contribution in [0, 0.1) is 0 Å². The summed E-state index contributed by atoms with van der Waals surface area (Å²) in [7, 11) is 0. The minimum atomic E-state index is -0.892. The van der Waals surface area contributed by atoms with Gasteiger partial charge in [0.15, 0.2) is 0 Å². The van der Waals surface area contributed by atoms with Crippen LogP contribution in [-0.2, 0) is 9.59 Å². The molecule has 0 saturated carbocycles. The first kappa shape index (κ1) is 15.6. The van der Waals surface area contributed by atoms with Crippen molar-refractivity contribution in [1.82, 2.24) is 10.3 Å². The summed E-state index contributed by atoms with van der Waals surface area (Å²) in [5.74, 6) is 0.159. The van der Waals surface area contributed by atoms with Gasteiger partial charge >= 0.3 is 5.97 Å². The molecule has 2 N–H and O–H groups in total. The van der Waals surface area contributed by atoms with Crippen molar-refractivity contribution in [2.45, 2.75) is 18.9 Å². The van der Waals surface area contributed by atoms with E-state index >= 15 is 0 Å². The summed E-state index contributed by atoms with van der Waals surface area (Å²) < 4.78 is 0. The summed E-state index contributed by atoms with van der Waals surface area (Å²) in [5, 5.41) is 11.5. The molecule has 1 fully saturated rings. The Bertz CT molecular complexity index is 476. The van der Waals surface area contributed by atoms with E-state index in [0.717, 1.165) is 43.5 Å². The molecule has 0 radical (unpaired) electrons. The number of aromatic nitrogens is 1. The van der Waals surface area contributed by atoms with Crippen LogP contribution in [-0.4, -0.2) is 52.6 Å². The molecule has 7 heteroatoms. The largest absolute Gasteiger partial charge is 0.481 e. The van der Waals surface area contributed by atoms with E-state index in [0.29, 0.717) is 0 Å². The number of nitrogens with zero attached hydrogens (tertiary/aromatic N) is 2. The standard InChI is InChI=1S/C14H19N3O3S/c18-13(9-21-10-14(19)20)16-11-4-7-17(8-5-11)12-3-1-2-6-15-12/h1-3,6,11H,4-5,7-10H2,(H,16,18)(H,19,20). The van der Waals surface area contributed by atoms with Gasteiger partial charge in [0, 0.05) is 25.3 Å². The number of nitrogens with one attached hydrogen (secondary N) is 1. The first-order chi connectivity index (χ1) is 10.1. The van der Waals surface area contributed by atoms with Crippen molar-refractivity contribution in [2.75, 3.05) is 29.5 Å². The van der Waals surface area contributed by atoms with Crippen LogP contribution in [0.3, 0.4) is 0 Å². The average Bonchev–Trinajstić information content (AvgIpc) is 2.48. The van der Waals surface area contributed by atoms with E-state index in [2.05, 4.69) is 15.2 Å². The Kier molecular flexibility index (Phi) is 5.86. The molecule has 0 aromatic carbocycles. The van der Waals surface area contributed by atoms with Crippen LogP contribution >= 0.6 is 11.8 Å². The van der Waals surface area contributed by atoms with E-state index in [1.807, 2.05) is 18.2 Å². The van der Waals surface area contributed by atoms with Crippen molar-refractivity contribution in [3.63, 3.8) is 0 Å². The van der Waals surface area contributed by atoms with Crippen molar-refractivity contribution >= 4 is 29.5 Å². The van der Waals surface area contributed by atoms with Gasteiger partial charge in [-0.1, -0.05) is 6.07 Å². The monoisotopic (exact) mass is 309 g/mol. The van der Waals surface area contributed by atoms with Crippen LogP contribution in [0.25, 0.3) is 0 Å². The number of hydrogen-bond acceptors (Lipinski definition) is 5. The number of pyridine rings is 1. The van der Waals surface area contributed by atoms with Crippen molar-refractivity contribution in [3.8, 4) is 0 Å². The van der Waals surface area contributed by atoms with Gasteiger partial charge in [-0.05, 0) is 25.0 Å². The normalized spacial score (nSPS) is 15.7. The van der Waals surface area contributed by atoms with E-state index in [4.69, 9.17) is 5.11 Å². The van der Waals surface area contributed by atoms with Gasteiger partial charge < -0.3 is 15.3 Å². The number of carboxylic acid groups (broad SMARTS) is 1. The van der Waals surface area contributed by atoms with Crippen LogP contribution in [0.2, 0.25) is 0 Å². The highest BCUT2D eigenvalue weighted by molar-refractivity contribution is 8.00. The summed E-state index contributed by atoms with van der Waals surface area (Å²) in [6.45, 7) is 1.73. The third kappa shape index (κ3) is 5.26. The summed E-state index contributed by atoms with van der Waals surface area (Å²) >= 11 is 1.12. The Labute approximate surface area is 127 Å². The van der Waals surface area contributed by atoms with Crippen LogP contribution in [0.5, 0.6) is 0 Å². The lowest BCUT2D eigenvalue weighted by atomic mass is 10.1. The van der Waals surface area contributed by atoms with Crippen molar-refractivity contribution in [2.24, 2.45) is 0 Å². The van der Waals surface area contributed by atoms with E-state index in [-0.39, 0.29) is 23.5 Å². The number of piperidine rings is 1. The number of carboxylic acids is 1. The van der Waals surface area contributed by atoms with Gasteiger partial charge in [-0.25, -0.2) is 4.98 Å². The van der Waals surface area contributed by atoms with Crippen molar-refractivity contribution in [1.29, 1.82) is 0 Å². The highest BCUT2D eigenvalue weighted by Crippen LogP contribution is 2.17. The maximum absolute atomic E-state index is 11.7. The van der Waals surface area contributed by atoms with Crippen LogP contribution < -0.4 is 10.2 Å². The highest BCUT2D eigenvalue weighted by Gasteiger charge is 2.21. The molecule has 0 unspecified atom stereocenters. The number of aliphatic carboxylic acids is 1. The lowest BCUT2D eigenvalue weighted by molar-refractivity contribution is -0.133. The number of amides is 1. The predicted octanol–water partition coefficient (Wildman–Crippen LogP) is 0.984. The topological polar surface area (TPSA) is 82.5 Å². The van der Waals surface area contributed by atoms with E-state index in [1.54, 1.807) is 6.20 Å². The Morgan fingerprint density at radius 1 is 1.33 bits per heavy atom. The summed E-state index contributed by atoms with van der Waals surface area (Å²) in [4.78, 5) is 28.6. The second-order valence-electron chi connectivity index (χ2n) is 4.90. The maximum atomic E-state index is 11.7. The number of thioether (sulfide) groups is 1. The fraction of sp³-hybridized carbons (Fsp3) is 0.500. The van der Waals surface area contributed by atoms with Gasteiger partial charge in [-0.15, -0.1) is 11.8 Å². The molecule has 0 aliphatic carbocycles. The molecule has 0 atom stereocenters. The molecule has 21 heavy (non-hydrogen) atoms. The number of rotatable bonds is 6. The van der Waals surface area contributed by atoms with Crippen LogP contribution in [0.1, 0.15) is 12.8 Å². The number of hydrogen-bond donors (Lipinski definition) is 2. The second kappa shape index (κ2) is 7.87. The number of carbonyl (C=O) groups is 2. The molecule has 2 heterocycles. The minimum absolute atomic E-state index is 0.0362. The fourth-order valence-electron chi connectivity index (χ4n) is 2.29. The van der Waals surface area contributed by atoms with Gasteiger partial charge in [0.25, 0.3) is 0 Å². The van der Waals surface area contributed by atoms with Crippen molar-refractivity contribution in [3.05, 3.63) is 24.4 Å². The van der Waals surface area contributed by atoms with Gasteiger partial charge in [0.05, 0.1) is 11.5 Å². The highest BCUT2D eigenvalue weighted by atomic mass is 32.2. The smallest absolute Gasteiger partial charge is 0.313 e. The predicted molar refractivity (Wildman–Crippen MR) is 82.6 cm³/mol. The molecule has 0 spiro atoms. The summed E-state index contributed by atoms with van der Waals surface area (Å²) in [6.07, 6.45) is 3.54. The molecule has 1 aromatic rings.